The molecule has 1 fully saturated rings. The van der Waals surface area contributed by atoms with E-state index in [1.807, 2.05) is 23.9 Å². The van der Waals surface area contributed by atoms with E-state index in [2.05, 4.69) is 25.8 Å². The van der Waals surface area contributed by atoms with Crippen molar-refractivity contribution in [3.63, 3.8) is 0 Å². The number of amides is 1. The molecule has 2 aromatic heterocycles. The molecule has 1 amide bonds. The highest BCUT2D eigenvalue weighted by Gasteiger charge is 2.18. The number of thiophene rings is 1. The molecule has 0 radical (unpaired) electrons. The van der Waals surface area contributed by atoms with E-state index >= 15 is 0 Å². The Morgan fingerprint density at radius 3 is 2.82 bits per heavy atom. The van der Waals surface area contributed by atoms with Gasteiger partial charge in [0.1, 0.15) is 10.7 Å². The monoisotopic (exact) mass is 399 g/mol. The second kappa shape index (κ2) is 7.21. The summed E-state index contributed by atoms with van der Waals surface area (Å²) < 4.78 is 1.05. The van der Waals surface area contributed by atoms with Crippen LogP contribution in [0.1, 0.15) is 23.3 Å². The highest BCUT2D eigenvalue weighted by Crippen LogP contribution is 2.32. The van der Waals surface area contributed by atoms with E-state index in [-0.39, 0.29) is 5.91 Å². The Balaban J connectivity index is 1.60. The van der Waals surface area contributed by atoms with Gasteiger partial charge in [0.25, 0.3) is 5.91 Å². The Labute approximate surface area is 146 Å². The van der Waals surface area contributed by atoms with E-state index in [1.54, 1.807) is 16.2 Å². The summed E-state index contributed by atoms with van der Waals surface area (Å²) in [6, 6.07) is 2.04. The molecule has 0 saturated carbocycles. The van der Waals surface area contributed by atoms with Gasteiger partial charge in [-0.3, -0.25) is 4.79 Å². The van der Waals surface area contributed by atoms with Crippen LogP contribution >= 0.6 is 38.6 Å². The zero-order chi connectivity index (χ0) is 15.5. The van der Waals surface area contributed by atoms with Crippen molar-refractivity contribution in [1.29, 1.82) is 0 Å². The largest absolute Gasteiger partial charge is 0.339 e. The first-order chi connectivity index (χ1) is 10.6. The highest BCUT2D eigenvalue weighted by atomic mass is 79.9. The second-order valence-electron chi connectivity index (χ2n) is 5.44. The normalized spacial score (nSPS) is 15.4. The summed E-state index contributed by atoms with van der Waals surface area (Å²) in [5.41, 5.74) is 0.549. The van der Waals surface area contributed by atoms with Gasteiger partial charge in [0, 0.05) is 35.4 Å². The summed E-state index contributed by atoms with van der Waals surface area (Å²) in [5.74, 6) is 0.0114. The van der Waals surface area contributed by atoms with E-state index in [1.165, 1.54) is 24.2 Å². The van der Waals surface area contributed by atoms with Crippen LogP contribution in [0.2, 0.25) is 0 Å². The number of rotatable bonds is 5. The van der Waals surface area contributed by atoms with E-state index in [0.717, 1.165) is 40.5 Å². The van der Waals surface area contributed by atoms with Crippen molar-refractivity contribution in [2.75, 3.05) is 33.2 Å². The van der Waals surface area contributed by atoms with Crippen LogP contribution in [0.3, 0.4) is 0 Å². The van der Waals surface area contributed by atoms with Gasteiger partial charge in [0.15, 0.2) is 0 Å². The Hall–Kier alpha value is -0.760. The zero-order valence-electron chi connectivity index (χ0n) is 12.4. The first-order valence-corrected chi connectivity index (χ1v) is 9.86. The Morgan fingerprint density at radius 1 is 1.36 bits per heavy atom. The number of thiazole rings is 1. The van der Waals surface area contributed by atoms with Crippen molar-refractivity contribution in [3.8, 4) is 9.88 Å². The minimum Gasteiger partial charge on any atom is -0.339 e. The Kier molecular flexibility index (Phi) is 5.28. The third-order valence-corrected chi connectivity index (χ3v) is 6.50. The van der Waals surface area contributed by atoms with E-state index in [0.29, 0.717) is 5.69 Å². The molecule has 2 aromatic rings. The quantitative estimate of drug-likeness (QED) is 0.766. The average Bonchev–Trinajstić information content (AvgIpc) is 3.24. The molecule has 1 aliphatic rings. The average molecular weight is 400 g/mol. The maximum Gasteiger partial charge on any atom is 0.273 e. The predicted octanol–water partition coefficient (Wildman–Crippen LogP) is 3.80. The summed E-state index contributed by atoms with van der Waals surface area (Å²) in [7, 11) is 1.86. The van der Waals surface area contributed by atoms with Crippen molar-refractivity contribution < 1.29 is 4.79 Å². The summed E-state index contributed by atoms with van der Waals surface area (Å²) in [6.45, 7) is 4.04. The molecule has 1 aliphatic heterocycles. The maximum atomic E-state index is 12.4. The van der Waals surface area contributed by atoms with Crippen LogP contribution in [0.25, 0.3) is 9.88 Å². The molecule has 0 spiro atoms. The first kappa shape index (κ1) is 16.1. The van der Waals surface area contributed by atoms with E-state index in [9.17, 15) is 4.79 Å². The molecule has 0 N–H and O–H groups in total. The van der Waals surface area contributed by atoms with Gasteiger partial charge >= 0.3 is 0 Å². The fraction of sp³-hybridized carbons (Fsp3) is 0.467. The summed E-state index contributed by atoms with van der Waals surface area (Å²) in [4.78, 5) is 22.2. The number of hydrogen-bond acceptors (Lipinski definition) is 5. The number of carbonyl (C=O) groups excluding carboxylic acids is 1. The number of hydrogen-bond donors (Lipinski definition) is 0. The molecule has 4 nitrogen and oxygen atoms in total. The third kappa shape index (κ3) is 3.76. The minimum atomic E-state index is 0.0114. The lowest BCUT2D eigenvalue weighted by atomic mass is 10.4. The molecular weight excluding hydrogens is 382 g/mol. The van der Waals surface area contributed by atoms with Crippen LogP contribution in [0.4, 0.5) is 0 Å². The molecule has 0 bridgehead atoms. The lowest BCUT2D eigenvalue weighted by Crippen LogP contribution is -2.35. The number of likely N-dealkylation sites (tertiary alicyclic amines) is 1. The van der Waals surface area contributed by atoms with Crippen LogP contribution in [0.5, 0.6) is 0 Å². The lowest BCUT2D eigenvalue weighted by molar-refractivity contribution is 0.0777. The van der Waals surface area contributed by atoms with Gasteiger partial charge in [-0.15, -0.1) is 22.7 Å². The first-order valence-electron chi connectivity index (χ1n) is 7.31. The van der Waals surface area contributed by atoms with Gasteiger partial charge in [0.2, 0.25) is 0 Å². The van der Waals surface area contributed by atoms with Gasteiger partial charge in [-0.05, 0) is 47.9 Å². The summed E-state index contributed by atoms with van der Waals surface area (Å²) in [5, 5.41) is 4.80. The molecule has 1 saturated heterocycles. The summed E-state index contributed by atoms with van der Waals surface area (Å²) >= 11 is 6.61. The molecule has 0 unspecified atom stereocenters. The van der Waals surface area contributed by atoms with Crippen molar-refractivity contribution >= 4 is 44.5 Å². The summed E-state index contributed by atoms with van der Waals surface area (Å²) in [6.07, 6.45) is 2.56. The molecule has 0 aromatic carbocycles. The Bertz CT molecular complexity index is 649. The third-order valence-electron chi connectivity index (χ3n) is 3.80. The number of carbonyl (C=O) groups is 1. The fourth-order valence-corrected chi connectivity index (χ4v) is 4.81. The fourth-order valence-electron chi connectivity index (χ4n) is 2.51. The molecule has 0 atom stereocenters. The number of likely N-dealkylation sites (N-methyl/N-ethyl adjacent to an activating group) is 1. The van der Waals surface area contributed by atoms with Crippen LogP contribution in [0, 0.1) is 0 Å². The topological polar surface area (TPSA) is 36.4 Å². The van der Waals surface area contributed by atoms with Gasteiger partial charge < -0.3 is 9.80 Å². The van der Waals surface area contributed by atoms with Gasteiger partial charge in [-0.2, -0.15) is 0 Å². The maximum absolute atomic E-state index is 12.4. The predicted molar refractivity (Wildman–Crippen MR) is 95.8 cm³/mol. The molecular formula is C15H18BrN3OS2. The SMILES string of the molecule is CN(CCN1CCCC1)C(=O)c1csc(-c2cc(Br)cs2)n1. The highest BCUT2D eigenvalue weighted by molar-refractivity contribution is 9.10. The van der Waals surface area contributed by atoms with Crippen LogP contribution in [-0.2, 0) is 0 Å². The van der Waals surface area contributed by atoms with Crippen molar-refractivity contribution in [2.24, 2.45) is 0 Å². The molecule has 0 aliphatic carbocycles. The lowest BCUT2D eigenvalue weighted by Gasteiger charge is -2.20. The van der Waals surface area contributed by atoms with Gasteiger partial charge in [-0.25, -0.2) is 4.98 Å². The minimum absolute atomic E-state index is 0.0114. The zero-order valence-corrected chi connectivity index (χ0v) is 15.6. The molecule has 3 heterocycles. The smallest absolute Gasteiger partial charge is 0.273 e. The van der Waals surface area contributed by atoms with Crippen LogP contribution in [0.15, 0.2) is 21.3 Å². The van der Waals surface area contributed by atoms with Crippen molar-refractivity contribution in [2.45, 2.75) is 12.8 Å². The Morgan fingerprint density at radius 2 is 2.14 bits per heavy atom. The molecule has 22 heavy (non-hydrogen) atoms. The van der Waals surface area contributed by atoms with E-state index in [4.69, 9.17) is 0 Å². The van der Waals surface area contributed by atoms with Gasteiger partial charge in [0.05, 0.1) is 4.88 Å². The van der Waals surface area contributed by atoms with Crippen LogP contribution in [-0.4, -0.2) is 53.9 Å². The van der Waals surface area contributed by atoms with Crippen LogP contribution < -0.4 is 0 Å². The van der Waals surface area contributed by atoms with E-state index < -0.39 is 0 Å². The van der Waals surface area contributed by atoms with Crippen molar-refractivity contribution in [3.05, 3.63) is 27.0 Å². The molecule has 3 rings (SSSR count). The molecule has 7 heteroatoms. The van der Waals surface area contributed by atoms with Crippen molar-refractivity contribution in [1.82, 2.24) is 14.8 Å². The second-order valence-corrected chi connectivity index (χ2v) is 8.13. The standard InChI is InChI=1S/C15H18BrN3OS2/c1-18(6-7-19-4-2-3-5-19)15(20)12-10-22-14(17-12)13-8-11(16)9-21-13/h8-10H,2-7H2,1H3. The molecule has 118 valence electrons. The van der Waals surface area contributed by atoms with Gasteiger partial charge in [-0.1, -0.05) is 0 Å². The number of aromatic nitrogens is 1. The number of nitrogens with zero attached hydrogens (tertiary/aromatic N) is 3. The number of halogens is 1.